The number of hydrogen-bond acceptors (Lipinski definition) is 3. The van der Waals surface area contributed by atoms with Crippen LogP contribution in [0, 0.1) is 6.92 Å². The lowest BCUT2D eigenvalue weighted by atomic mass is 10.1. The lowest BCUT2D eigenvalue weighted by Gasteiger charge is -2.17. The summed E-state index contributed by atoms with van der Waals surface area (Å²) in [6.07, 6.45) is -4.48. The molecule has 0 saturated heterocycles. The van der Waals surface area contributed by atoms with Gasteiger partial charge in [0.2, 0.25) is 5.91 Å². The maximum atomic E-state index is 12.0. The van der Waals surface area contributed by atoms with Crippen LogP contribution in [0.15, 0.2) is 18.2 Å². The molecule has 0 spiro atoms. The Morgan fingerprint density at radius 3 is 2.48 bits per heavy atom. The number of nitrogen functional groups attached to an aromatic ring is 1. The molecule has 1 rings (SSSR count). The summed E-state index contributed by atoms with van der Waals surface area (Å²) in [5.74, 6) is -1.35. The van der Waals surface area contributed by atoms with Gasteiger partial charge in [-0.2, -0.15) is 13.2 Å². The van der Waals surface area contributed by atoms with Gasteiger partial charge in [0.25, 0.3) is 5.91 Å². The minimum absolute atomic E-state index is 0.313. The number of nitrogens with one attached hydrogen (secondary N) is 1. The normalized spacial score (nSPS) is 11.1. The van der Waals surface area contributed by atoms with E-state index in [4.69, 9.17) is 5.73 Å². The zero-order valence-electron chi connectivity index (χ0n) is 11.6. The van der Waals surface area contributed by atoms with Crippen LogP contribution < -0.4 is 11.1 Å². The monoisotopic (exact) mass is 303 g/mol. The Kier molecular flexibility index (Phi) is 5.17. The van der Waals surface area contributed by atoms with Crippen LogP contribution >= 0.6 is 0 Å². The lowest BCUT2D eigenvalue weighted by Crippen LogP contribution is -2.41. The molecule has 0 unspecified atom stereocenters. The van der Waals surface area contributed by atoms with E-state index in [9.17, 15) is 22.8 Å². The summed E-state index contributed by atoms with van der Waals surface area (Å²) in [6.45, 7) is -0.157. The zero-order valence-corrected chi connectivity index (χ0v) is 11.6. The molecule has 116 valence electrons. The van der Waals surface area contributed by atoms with Crippen molar-refractivity contribution in [1.82, 2.24) is 10.2 Å². The number of carbonyl (C=O) groups is 2. The third-order valence-electron chi connectivity index (χ3n) is 2.73. The molecule has 5 nitrogen and oxygen atoms in total. The van der Waals surface area contributed by atoms with E-state index in [0.717, 1.165) is 4.90 Å². The molecule has 0 aliphatic carbocycles. The molecule has 0 aromatic heterocycles. The van der Waals surface area contributed by atoms with Crippen molar-refractivity contribution >= 4 is 17.5 Å². The number of aryl methyl sites for hydroxylation is 1. The molecule has 0 fully saturated rings. The molecule has 0 saturated carbocycles. The van der Waals surface area contributed by atoms with E-state index >= 15 is 0 Å². The van der Waals surface area contributed by atoms with Gasteiger partial charge in [0.05, 0.1) is 6.54 Å². The molecule has 3 N–H and O–H groups in total. The number of amides is 2. The van der Waals surface area contributed by atoms with Crippen LogP contribution in [0.2, 0.25) is 0 Å². The van der Waals surface area contributed by atoms with Gasteiger partial charge in [-0.3, -0.25) is 9.59 Å². The third-order valence-corrected chi connectivity index (χ3v) is 2.73. The molecule has 2 amide bonds. The molecule has 21 heavy (non-hydrogen) atoms. The molecule has 0 aliphatic heterocycles. The van der Waals surface area contributed by atoms with Crippen LogP contribution in [0.3, 0.4) is 0 Å². The standard InChI is InChI=1S/C13H16F3N3O2/c1-8-5-9(3-4-10(8)17)12(21)19(2)6-11(20)18-7-13(14,15)16/h3-5H,6-7,17H2,1-2H3,(H,18,20). The third kappa shape index (κ3) is 5.33. The molecule has 8 heteroatoms. The predicted molar refractivity (Wildman–Crippen MR) is 71.6 cm³/mol. The fourth-order valence-corrected chi connectivity index (χ4v) is 1.57. The number of nitrogens with two attached hydrogens (primary N) is 1. The van der Waals surface area contributed by atoms with Crippen LogP contribution in [0.5, 0.6) is 0 Å². The summed E-state index contributed by atoms with van der Waals surface area (Å²) < 4.78 is 35.9. The number of rotatable bonds is 4. The topological polar surface area (TPSA) is 75.4 Å². The second-order valence-corrected chi connectivity index (χ2v) is 4.62. The highest BCUT2D eigenvalue weighted by molar-refractivity contribution is 5.96. The van der Waals surface area contributed by atoms with Crippen molar-refractivity contribution in [2.75, 3.05) is 25.9 Å². The Hall–Kier alpha value is -2.25. The first-order valence-corrected chi connectivity index (χ1v) is 6.05. The first-order chi connectivity index (χ1) is 9.60. The maximum absolute atomic E-state index is 12.0. The van der Waals surface area contributed by atoms with E-state index in [2.05, 4.69) is 0 Å². The average molecular weight is 303 g/mol. The SMILES string of the molecule is Cc1cc(C(=O)N(C)CC(=O)NCC(F)(F)F)ccc1N. The van der Waals surface area contributed by atoms with Gasteiger partial charge in [-0.25, -0.2) is 0 Å². The largest absolute Gasteiger partial charge is 0.405 e. The van der Waals surface area contributed by atoms with E-state index in [0.29, 0.717) is 16.8 Å². The van der Waals surface area contributed by atoms with Crippen LogP contribution in [0.1, 0.15) is 15.9 Å². The quantitative estimate of drug-likeness (QED) is 0.824. The highest BCUT2D eigenvalue weighted by Crippen LogP contribution is 2.14. The highest BCUT2D eigenvalue weighted by Gasteiger charge is 2.28. The number of anilines is 1. The zero-order chi connectivity index (χ0) is 16.2. The second kappa shape index (κ2) is 6.47. The number of alkyl halides is 3. The van der Waals surface area contributed by atoms with Crippen LogP contribution in [0.4, 0.5) is 18.9 Å². The Balaban J connectivity index is 2.62. The molecule has 0 aliphatic rings. The van der Waals surface area contributed by atoms with Crippen molar-refractivity contribution in [3.8, 4) is 0 Å². The summed E-state index contributed by atoms with van der Waals surface area (Å²) in [5.41, 5.74) is 7.17. The van der Waals surface area contributed by atoms with Gasteiger partial charge < -0.3 is 16.0 Å². The smallest absolute Gasteiger partial charge is 0.399 e. The van der Waals surface area contributed by atoms with Gasteiger partial charge in [0.15, 0.2) is 0 Å². The maximum Gasteiger partial charge on any atom is 0.405 e. The molecule has 0 radical (unpaired) electrons. The highest BCUT2D eigenvalue weighted by atomic mass is 19.4. The summed E-state index contributed by atoms with van der Waals surface area (Å²) >= 11 is 0. The van der Waals surface area contributed by atoms with E-state index < -0.39 is 31.1 Å². The predicted octanol–water partition coefficient (Wildman–Crippen LogP) is 1.33. The van der Waals surface area contributed by atoms with E-state index in [1.807, 2.05) is 0 Å². The Morgan fingerprint density at radius 1 is 1.33 bits per heavy atom. The second-order valence-electron chi connectivity index (χ2n) is 4.62. The summed E-state index contributed by atoms with van der Waals surface area (Å²) in [7, 11) is 1.33. The van der Waals surface area contributed by atoms with Crippen molar-refractivity contribution in [3.63, 3.8) is 0 Å². The van der Waals surface area contributed by atoms with Crippen molar-refractivity contribution in [2.24, 2.45) is 0 Å². The first-order valence-electron chi connectivity index (χ1n) is 6.05. The minimum atomic E-state index is -4.48. The number of nitrogens with zero attached hydrogens (tertiary/aromatic N) is 1. The fraction of sp³-hybridized carbons (Fsp3) is 0.385. The van der Waals surface area contributed by atoms with Crippen molar-refractivity contribution in [2.45, 2.75) is 13.1 Å². The summed E-state index contributed by atoms with van der Waals surface area (Å²) in [5, 5.41) is 1.70. The summed E-state index contributed by atoms with van der Waals surface area (Å²) in [4.78, 5) is 24.4. The Morgan fingerprint density at radius 2 is 1.95 bits per heavy atom. The molecule has 1 aromatic carbocycles. The first kappa shape index (κ1) is 16.8. The lowest BCUT2D eigenvalue weighted by molar-refractivity contribution is -0.138. The molecular formula is C13H16F3N3O2. The Labute approximate surface area is 119 Å². The van der Waals surface area contributed by atoms with E-state index in [1.165, 1.54) is 13.1 Å². The number of benzene rings is 1. The number of likely N-dealkylation sites (N-methyl/N-ethyl adjacent to an activating group) is 1. The molecule has 0 heterocycles. The van der Waals surface area contributed by atoms with E-state index in [1.54, 1.807) is 24.4 Å². The van der Waals surface area contributed by atoms with Gasteiger partial charge in [-0.05, 0) is 30.7 Å². The minimum Gasteiger partial charge on any atom is -0.399 e. The summed E-state index contributed by atoms with van der Waals surface area (Å²) in [6, 6.07) is 4.61. The number of hydrogen-bond donors (Lipinski definition) is 2. The molecular weight excluding hydrogens is 287 g/mol. The van der Waals surface area contributed by atoms with E-state index in [-0.39, 0.29) is 0 Å². The van der Waals surface area contributed by atoms with Crippen LogP contribution in [0.25, 0.3) is 0 Å². The van der Waals surface area contributed by atoms with Crippen LogP contribution in [-0.2, 0) is 4.79 Å². The van der Waals surface area contributed by atoms with Crippen molar-refractivity contribution in [1.29, 1.82) is 0 Å². The Bertz CT molecular complexity index is 544. The van der Waals surface area contributed by atoms with Gasteiger partial charge in [0, 0.05) is 18.3 Å². The van der Waals surface area contributed by atoms with Gasteiger partial charge in [-0.15, -0.1) is 0 Å². The van der Waals surface area contributed by atoms with Crippen molar-refractivity contribution in [3.05, 3.63) is 29.3 Å². The van der Waals surface area contributed by atoms with Crippen LogP contribution in [-0.4, -0.2) is 43.0 Å². The fourth-order valence-electron chi connectivity index (χ4n) is 1.57. The molecule has 1 aromatic rings. The van der Waals surface area contributed by atoms with Crippen molar-refractivity contribution < 1.29 is 22.8 Å². The van der Waals surface area contributed by atoms with Gasteiger partial charge in [-0.1, -0.05) is 0 Å². The molecule has 0 atom stereocenters. The molecule has 0 bridgehead atoms. The van der Waals surface area contributed by atoms with Gasteiger partial charge in [0.1, 0.15) is 6.54 Å². The number of carbonyl (C=O) groups excluding carboxylic acids is 2. The average Bonchev–Trinajstić information content (AvgIpc) is 2.38. The number of halogens is 3. The van der Waals surface area contributed by atoms with Gasteiger partial charge >= 0.3 is 6.18 Å².